The minimum absolute atomic E-state index is 0. The molecule has 1 atom stereocenters. The second-order valence-electron chi connectivity index (χ2n) is 2.93. The lowest BCUT2D eigenvalue weighted by atomic mass is 10.2. The van der Waals surface area contributed by atoms with E-state index < -0.39 is 0 Å². The molecule has 1 fully saturated rings. The van der Waals surface area contributed by atoms with Crippen LogP contribution in [0.5, 0.6) is 0 Å². The second-order valence-corrected chi connectivity index (χ2v) is 2.93. The predicted octanol–water partition coefficient (Wildman–Crippen LogP) is 1.09. The summed E-state index contributed by atoms with van der Waals surface area (Å²) in [4.78, 5) is 7.95. The van der Waals surface area contributed by atoms with Crippen LogP contribution in [0.4, 0.5) is 5.82 Å². The van der Waals surface area contributed by atoms with E-state index in [1.807, 2.05) is 6.07 Å². The molecule has 0 bridgehead atoms. The monoisotopic (exact) mass is 236 g/mol. The Balaban J connectivity index is 0.000000845. The van der Waals surface area contributed by atoms with Crippen LogP contribution in [0, 0.1) is 0 Å². The van der Waals surface area contributed by atoms with Gasteiger partial charge in [0.15, 0.2) is 0 Å². The van der Waals surface area contributed by atoms with Crippen molar-refractivity contribution in [2.75, 3.05) is 18.4 Å². The Morgan fingerprint density at radius 2 is 2.29 bits per heavy atom. The van der Waals surface area contributed by atoms with Gasteiger partial charge >= 0.3 is 0 Å². The lowest BCUT2D eigenvalue weighted by Crippen LogP contribution is -2.22. The van der Waals surface area contributed by atoms with Crippen LogP contribution in [-0.2, 0) is 0 Å². The van der Waals surface area contributed by atoms with E-state index in [9.17, 15) is 0 Å². The van der Waals surface area contributed by atoms with Crippen LogP contribution in [0.25, 0.3) is 0 Å². The molecule has 1 aromatic rings. The molecular formula is C8H14Cl2N4. The summed E-state index contributed by atoms with van der Waals surface area (Å²) in [5, 5.41) is 6.61. The van der Waals surface area contributed by atoms with Crippen molar-refractivity contribution in [1.82, 2.24) is 15.3 Å². The average molecular weight is 237 g/mol. The van der Waals surface area contributed by atoms with Gasteiger partial charge in [-0.05, 0) is 19.0 Å². The van der Waals surface area contributed by atoms with E-state index in [1.54, 1.807) is 12.5 Å². The average Bonchev–Trinajstić information content (AvgIpc) is 2.59. The van der Waals surface area contributed by atoms with Gasteiger partial charge in [0.1, 0.15) is 12.1 Å². The molecule has 1 aliphatic heterocycles. The molecule has 0 amide bonds. The number of nitrogens with one attached hydrogen (secondary N) is 2. The number of halogens is 2. The van der Waals surface area contributed by atoms with E-state index in [0.717, 1.165) is 18.9 Å². The van der Waals surface area contributed by atoms with Gasteiger partial charge in [-0.1, -0.05) is 0 Å². The zero-order valence-corrected chi connectivity index (χ0v) is 9.27. The third kappa shape index (κ3) is 3.65. The smallest absolute Gasteiger partial charge is 0.129 e. The molecule has 0 saturated carbocycles. The Morgan fingerprint density at radius 3 is 2.86 bits per heavy atom. The maximum absolute atomic E-state index is 4.09. The molecular weight excluding hydrogens is 223 g/mol. The van der Waals surface area contributed by atoms with E-state index in [1.165, 1.54) is 6.42 Å². The molecule has 2 rings (SSSR count). The van der Waals surface area contributed by atoms with Crippen molar-refractivity contribution in [3.05, 3.63) is 18.6 Å². The van der Waals surface area contributed by atoms with Crippen LogP contribution in [0.3, 0.4) is 0 Å². The minimum atomic E-state index is 0. The molecule has 0 aromatic carbocycles. The van der Waals surface area contributed by atoms with Crippen LogP contribution in [0.1, 0.15) is 6.42 Å². The largest absolute Gasteiger partial charge is 0.366 e. The molecule has 14 heavy (non-hydrogen) atoms. The summed E-state index contributed by atoms with van der Waals surface area (Å²) in [6.07, 6.45) is 4.48. The lowest BCUT2D eigenvalue weighted by molar-refractivity contribution is 0.787. The molecule has 2 heterocycles. The van der Waals surface area contributed by atoms with Gasteiger partial charge in [-0.25, -0.2) is 9.97 Å². The molecule has 1 aliphatic rings. The Kier molecular flexibility index (Phi) is 6.53. The van der Waals surface area contributed by atoms with Gasteiger partial charge in [0.05, 0.1) is 0 Å². The Labute approximate surface area is 95.7 Å². The van der Waals surface area contributed by atoms with Crippen LogP contribution in [0.15, 0.2) is 18.6 Å². The fraction of sp³-hybridized carbons (Fsp3) is 0.500. The predicted molar refractivity (Wildman–Crippen MR) is 61.4 cm³/mol. The first-order valence-corrected chi connectivity index (χ1v) is 4.18. The first-order chi connectivity index (χ1) is 5.95. The van der Waals surface area contributed by atoms with Crippen LogP contribution >= 0.6 is 24.8 Å². The Hall–Kier alpha value is -0.580. The summed E-state index contributed by atoms with van der Waals surface area (Å²) in [5.41, 5.74) is 0. The van der Waals surface area contributed by atoms with E-state index in [2.05, 4.69) is 20.6 Å². The van der Waals surface area contributed by atoms with Gasteiger partial charge in [0, 0.05) is 18.8 Å². The van der Waals surface area contributed by atoms with Crippen molar-refractivity contribution < 1.29 is 0 Å². The molecule has 1 aromatic heterocycles. The second kappa shape index (κ2) is 6.81. The minimum Gasteiger partial charge on any atom is -0.366 e. The van der Waals surface area contributed by atoms with Crippen LogP contribution < -0.4 is 10.6 Å². The van der Waals surface area contributed by atoms with Crippen molar-refractivity contribution in [3.8, 4) is 0 Å². The fourth-order valence-electron chi connectivity index (χ4n) is 1.36. The molecule has 6 heteroatoms. The number of rotatable bonds is 2. The molecule has 0 unspecified atom stereocenters. The van der Waals surface area contributed by atoms with Crippen molar-refractivity contribution in [3.63, 3.8) is 0 Å². The number of nitrogens with zero attached hydrogens (tertiary/aromatic N) is 2. The quantitative estimate of drug-likeness (QED) is 0.808. The van der Waals surface area contributed by atoms with E-state index in [0.29, 0.717) is 6.04 Å². The first-order valence-electron chi connectivity index (χ1n) is 4.18. The Morgan fingerprint density at radius 1 is 1.43 bits per heavy atom. The maximum Gasteiger partial charge on any atom is 0.129 e. The van der Waals surface area contributed by atoms with Gasteiger partial charge in [0.2, 0.25) is 0 Å². The zero-order chi connectivity index (χ0) is 8.23. The van der Waals surface area contributed by atoms with Crippen LogP contribution in [-0.4, -0.2) is 29.1 Å². The summed E-state index contributed by atoms with van der Waals surface area (Å²) < 4.78 is 0. The molecule has 4 nitrogen and oxygen atoms in total. The number of hydrogen-bond donors (Lipinski definition) is 2. The topological polar surface area (TPSA) is 49.8 Å². The third-order valence-electron chi connectivity index (χ3n) is 1.99. The zero-order valence-electron chi connectivity index (χ0n) is 7.64. The van der Waals surface area contributed by atoms with Gasteiger partial charge < -0.3 is 10.6 Å². The van der Waals surface area contributed by atoms with Crippen molar-refractivity contribution >= 4 is 30.6 Å². The molecule has 2 N–H and O–H groups in total. The highest BCUT2D eigenvalue weighted by Crippen LogP contribution is 2.06. The highest BCUT2D eigenvalue weighted by molar-refractivity contribution is 5.85. The normalized spacial score (nSPS) is 19.3. The fourth-order valence-corrected chi connectivity index (χ4v) is 1.36. The highest BCUT2D eigenvalue weighted by atomic mass is 35.5. The van der Waals surface area contributed by atoms with Crippen molar-refractivity contribution in [2.45, 2.75) is 12.5 Å². The summed E-state index contributed by atoms with van der Waals surface area (Å²) >= 11 is 0. The third-order valence-corrected chi connectivity index (χ3v) is 1.99. The molecule has 1 saturated heterocycles. The van der Waals surface area contributed by atoms with Crippen molar-refractivity contribution in [2.24, 2.45) is 0 Å². The van der Waals surface area contributed by atoms with Gasteiger partial charge in [0.25, 0.3) is 0 Å². The maximum atomic E-state index is 4.09. The van der Waals surface area contributed by atoms with E-state index in [-0.39, 0.29) is 24.8 Å². The van der Waals surface area contributed by atoms with E-state index >= 15 is 0 Å². The van der Waals surface area contributed by atoms with Crippen molar-refractivity contribution in [1.29, 1.82) is 0 Å². The van der Waals surface area contributed by atoms with E-state index in [4.69, 9.17) is 0 Å². The summed E-state index contributed by atoms with van der Waals surface area (Å²) in [6.45, 7) is 2.13. The highest BCUT2D eigenvalue weighted by Gasteiger charge is 2.13. The molecule has 80 valence electrons. The summed E-state index contributed by atoms with van der Waals surface area (Å²) in [5.74, 6) is 0.915. The lowest BCUT2D eigenvalue weighted by Gasteiger charge is -2.10. The molecule has 0 aliphatic carbocycles. The number of aromatic nitrogens is 2. The number of hydrogen-bond acceptors (Lipinski definition) is 4. The summed E-state index contributed by atoms with van der Waals surface area (Å²) in [6, 6.07) is 2.41. The SMILES string of the molecule is Cl.Cl.c1cc(N[C@H]2CCNC2)ncn1. The summed E-state index contributed by atoms with van der Waals surface area (Å²) in [7, 11) is 0. The van der Waals surface area contributed by atoms with Gasteiger partial charge in [-0.3, -0.25) is 0 Å². The first kappa shape index (κ1) is 13.4. The molecule has 0 spiro atoms. The molecule has 0 radical (unpaired) electrons. The van der Waals surface area contributed by atoms with Gasteiger partial charge in [-0.2, -0.15) is 0 Å². The standard InChI is InChI=1S/C8H12N4.2ClH/c1-3-9-5-7(1)12-8-2-4-10-6-11-8;;/h2,4,6-7,9H,1,3,5H2,(H,10,11,12);2*1H/t7-;;/m0../s1. The Bertz CT molecular complexity index is 238. The number of anilines is 1. The van der Waals surface area contributed by atoms with Crippen LogP contribution in [0.2, 0.25) is 0 Å². The van der Waals surface area contributed by atoms with Gasteiger partial charge in [-0.15, -0.1) is 24.8 Å².